The van der Waals surface area contributed by atoms with Crippen LogP contribution in [0.3, 0.4) is 0 Å². The summed E-state index contributed by atoms with van der Waals surface area (Å²) in [5.74, 6) is 1.96. The van der Waals surface area contributed by atoms with E-state index in [1.807, 2.05) is 31.7 Å². The van der Waals surface area contributed by atoms with Crippen molar-refractivity contribution in [3.05, 3.63) is 22.9 Å². The third-order valence-electron chi connectivity index (χ3n) is 3.57. The number of nitriles is 1. The molecule has 1 fully saturated rings. The van der Waals surface area contributed by atoms with Gasteiger partial charge in [0.1, 0.15) is 11.9 Å². The number of rotatable bonds is 1. The summed E-state index contributed by atoms with van der Waals surface area (Å²) in [6.45, 7) is 10.5. The van der Waals surface area contributed by atoms with E-state index in [2.05, 4.69) is 29.8 Å². The molecule has 1 saturated heterocycles. The van der Waals surface area contributed by atoms with Crippen LogP contribution >= 0.6 is 11.8 Å². The Morgan fingerprint density at radius 2 is 2.11 bits per heavy atom. The zero-order valence-electron chi connectivity index (χ0n) is 12.2. The van der Waals surface area contributed by atoms with Crippen LogP contribution in [0, 0.1) is 25.2 Å². The van der Waals surface area contributed by atoms with Gasteiger partial charge in [0, 0.05) is 29.3 Å². The van der Waals surface area contributed by atoms with E-state index in [1.165, 1.54) is 0 Å². The van der Waals surface area contributed by atoms with Crippen LogP contribution in [0.25, 0.3) is 0 Å². The SMILES string of the molecule is Cc1cc(C)c(C#N)c(N2CCSC(C)(C)CC2)n1. The first-order valence-electron chi connectivity index (χ1n) is 6.70. The average molecular weight is 275 g/mol. The molecule has 0 N–H and O–H groups in total. The Labute approximate surface area is 120 Å². The van der Waals surface area contributed by atoms with Crippen LogP contribution in [-0.4, -0.2) is 28.6 Å². The molecule has 0 saturated carbocycles. The first kappa shape index (κ1) is 14.2. The molecule has 1 aliphatic heterocycles. The molecular weight excluding hydrogens is 254 g/mol. The number of anilines is 1. The molecule has 0 aromatic carbocycles. The van der Waals surface area contributed by atoms with Crippen molar-refractivity contribution >= 4 is 17.6 Å². The monoisotopic (exact) mass is 275 g/mol. The van der Waals surface area contributed by atoms with Gasteiger partial charge in [-0.3, -0.25) is 0 Å². The lowest BCUT2D eigenvalue weighted by Crippen LogP contribution is -2.29. The summed E-state index contributed by atoms with van der Waals surface area (Å²) in [7, 11) is 0. The maximum atomic E-state index is 9.37. The van der Waals surface area contributed by atoms with Gasteiger partial charge < -0.3 is 4.90 Å². The van der Waals surface area contributed by atoms with E-state index in [0.717, 1.165) is 47.9 Å². The first-order chi connectivity index (χ1) is 8.93. The Morgan fingerprint density at radius 1 is 1.37 bits per heavy atom. The van der Waals surface area contributed by atoms with Crippen LogP contribution in [0.1, 0.15) is 37.1 Å². The van der Waals surface area contributed by atoms with Gasteiger partial charge in [-0.15, -0.1) is 0 Å². The quantitative estimate of drug-likeness (QED) is 0.788. The fourth-order valence-corrected chi connectivity index (χ4v) is 3.52. The molecular formula is C15H21N3S. The second-order valence-corrected chi connectivity index (χ2v) is 7.54. The number of nitrogens with zero attached hydrogens (tertiary/aromatic N) is 3. The number of thioether (sulfide) groups is 1. The first-order valence-corrected chi connectivity index (χ1v) is 7.69. The van der Waals surface area contributed by atoms with Gasteiger partial charge in [0.2, 0.25) is 0 Å². The molecule has 1 aliphatic rings. The topological polar surface area (TPSA) is 39.9 Å². The van der Waals surface area contributed by atoms with Crippen molar-refractivity contribution in [3.63, 3.8) is 0 Å². The van der Waals surface area contributed by atoms with E-state index in [-0.39, 0.29) is 0 Å². The Hall–Kier alpha value is -1.21. The second kappa shape index (κ2) is 5.42. The fourth-order valence-electron chi connectivity index (χ4n) is 2.42. The fraction of sp³-hybridized carbons (Fsp3) is 0.600. The summed E-state index contributed by atoms with van der Waals surface area (Å²) < 4.78 is 0.320. The molecule has 2 rings (SSSR count). The maximum Gasteiger partial charge on any atom is 0.147 e. The summed E-state index contributed by atoms with van der Waals surface area (Å²) in [5.41, 5.74) is 2.75. The van der Waals surface area contributed by atoms with Crippen LogP contribution in [0.4, 0.5) is 5.82 Å². The van der Waals surface area contributed by atoms with Gasteiger partial charge in [0.15, 0.2) is 0 Å². The molecule has 0 unspecified atom stereocenters. The normalized spacial score (nSPS) is 18.8. The minimum absolute atomic E-state index is 0.320. The summed E-state index contributed by atoms with van der Waals surface area (Å²) in [4.78, 5) is 6.89. The summed E-state index contributed by atoms with van der Waals surface area (Å²) in [6, 6.07) is 4.30. The molecule has 4 heteroatoms. The van der Waals surface area contributed by atoms with Gasteiger partial charge >= 0.3 is 0 Å². The number of hydrogen-bond acceptors (Lipinski definition) is 4. The van der Waals surface area contributed by atoms with Crippen molar-refractivity contribution in [2.75, 3.05) is 23.7 Å². The average Bonchev–Trinajstić information content (AvgIpc) is 2.49. The maximum absolute atomic E-state index is 9.37. The molecule has 0 bridgehead atoms. The molecule has 0 spiro atoms. The number of pyridine rings is 1. The van der Waals surface area contributed by atoms with Crippen molar-refractivity contribution < 1.29 is 0 Å². The van der Waals surface area contributed by atoms with E-state index >= 15 is 0 Å². The van der Waals surface area contributed by atoms with Gasteiger partial charge in [-0.2, -0.15) is 17.0 Å². The zero-order chi connectivity index (χ0) is 14.0. The third kappa shape index (κ3) is 3.22. The van der Waals surface area contributed by atoms with Crippen LogP contribution in [0.15, 0.2) is 6.07 Å². The van der Waals surface area contributed by atoms with E-state index in [9.17, 15) is 5.26 Å². The molecule has 1 aromatic heterocycles. The number of hydrogen-bond donors (Lipinski definition) is 0. The third-order valence-corrected chi connectivity index (χ3v) is 4.95. The van der Waals surface area contributed by atoms with Crippen molar-refractivity contribution in [3.8, 4) is 6.07 Å². The van der Waals surface area contributed by atoms with Crippen molar-refractivity contribution in [2.45, 2.75) is 38.9 Å². The lowest BCUT2D eigenvalue weighted by Gasteiger charge is -2.24. The van der Waals surface area contributed by atoms with Gasteiger partial charge in [0.25, 0.3) is 0 Å². The Kier molecular flexibility index (Phi) is 4.05. The predicted molar refractivity (Wildman–Crippen MR) is 81.8 cm³/mol. The molecule has 0 radical (unpaired) electrons. The Balaban J connectivity index is 2.34. The van der Waals surface area contributed by atoms with E-state index in [1.54, 1.807) is 0 Å². The Morgan fingerprint density at radius 3 is 2.79 bits per heavy atom. The Bertz CT molecular complexity index is 517. The predicted octanol–water partition coefficient (Wildman–Crippen LogP) is 3.29. The molecule has 0 atom stereocenters. The van der Waals surface area contributed by atoms with Gasteiger partial charge in [0.05, 0.1) is 5.56 Å². The van der Waals surface area contributed by atoms with Crippen molar-refractivity contribution in [2.24, 2.45) is 0 Å². The van der Waals surface area contributed by atoms with Crippen LogP contribution in [-0.2, 0) is 0 Å². The smallest absolute Gasteiger partial charge is 0.147 e. The minimum atomic E-state index is 0.320. The lowest BCUT2D eigenvalue weighted by atomic mass is 10.1. The largest absolute Gasteiger partial charge is 0.355 e. The summed E-state index contributed by atoms with van der Waals surface area (Å²) in [5, 5.41) is 9.37. The summed E-state index contributed by atoms with van der Waals surface area (Å²) >= 11 is 2.01. The number of aromatic nitrogens is 1. The van der Waals surface area contributed by atoms with E-state index < -0.39 is 0 Å². The minimum Gasteiger partial charge on any atom is -0.355 e. The van der Waals surface area contributed by atoms with Crippen molar-refractivity contribution in [1.82, 2.24) is 4.98 Å². The lowest BCUT2D eigenvalue weighted by molar-refractivity contribution is 0.634. The van der Waals surface area contributed by atoms with Crippen molar-refractivity contribution in [1.29, 1.82) is 5.26 Å². The highest BCUT2D eigenvalue weighted by molar-refractivity contribution is 8.00. The van der Waals surface area contributed by atoms with Crippen LogP contribution in [0.5, 0.6) is 0 Å². The van der Waals surface area contributed by atoms with Crippen LogP contribution < -0.4 is 4.90 Å². The molecule has 1 aromatic rings. The second-order valence-electron chi connectivity index (χ2n) is 5.74. The number of aryl methyl sites for hydroxylation is 2. The molecule has 3 nitrogen and oxygen atoms in total. The molecule has 2 heterocycles. The molecule has 19 heavy (non-hydrogen) atoms. The highest BCUT2D eigenvalue weighted by Gasteiger charge is 2.25. The van der Waals surface area contributed by atoms with Gasteiger partial charge in [-0.25, -0.2) is 4.98 Å². The summed E-state index contributed by atoms with van der Waals surface area (Å²) in [6.07, 6.45) is 1.12. The van der Waals surface area contributed by atoms with Gasteiger partial charge in [-0.1, -0.05) is 13.8 Å². The highest BCUT2D eigenvalue weighted by Crippen LogP contribution is 2.33. The van der Waals surface area contributed by atoms with Crippen LogP contribution in [0.2, 0.25) is 0 Å². The standard InChI is InChI=1S/C15H21N3S/c1-11-9-12(2)17-14(13(11)10-16)18-6-5-15(3,4)19-8-7-18/h9H,5-8H2,1-4H3. The highest BCUT2D eigenvalue weighted by atomic mass is 32.2. The van der Waals surface area contributed by atoms with E-state index in [0.29, 0.717) is 4.75 Å². The molecule has 0 amide bonds. The van der Waals surface area contributed by atoms with E-state index in [4.69, 9.17) is 0 Å². The zero-order valence-corrected chi connectivity index (χ0v) is 13.0. The van der Waals surface area contributed by atoms with Gasteiger partial charge in [-0.05, 0) is 31.9 Å². The molecule has 0 aliphatic carbocycles. The molecule has 102 valence electrons.